The van der Waals surface area contributed by atoms with E-state index >= 15 is 0 Å². The summed E-state index contributed by atoms with van der Waals surface area (Å²) in [6.45, 7) is 4.31. The smallest absolute Gasteiger partial charge is 0.317 e. The Balaban J connectivity index is 0.00000208. The van der Waals surface area contributed by atoms with Crippen molar-refractivity contribution < 1.29 is 31.0 Å². The maximum Gasteiger partial charge on any atom is 0.317 e. The molecule has 24 heavy (non-hydrogen) atoms. The summed E-state index contributed by atoms with van der Waals surface area (Å²) in [7, 11) is 4.51. The van der Waals surface area contributed by atoms with Crippen molar-refractivity contribution in [1.82, 2.24) is 0 Å². The number of hydrogen-bond acceptors (Lipinski definition) is 3. The summed E-state index contributed by atoms with van der Waals surface area (Å²) in [4.78, 5) is 14.3. The van der Waals surface area contributed by atoms with Gasteiger partial charge in [0, 0.05) is 17.7 Å². The van der Waals surface area contributed by atoms with Gasteiger partial charge in [-0.15, -0.1) is 11.3 Å². The standard InChI is InChI=1S/C19H30NO2S.BrH/c1-19(15-7-4-5-8-15,17-9-6-14-23-17)18(21)22-16-10-12-20(2,3)13-11-16;/h6,9,14-16H,4-5,7-8,10-13H2,1-3H3;1H/q+1;/p-1. The first-order valence-corrected chi connectivity index (χ1v) is 9.87. The highest BCUT2D eigenvalue weighted by Gasteiger charge is 2.47. The van der Waals surface area contributed by atoms with Crippen LogP contribution in [-0.2, 0) is 14.9 Å². The van der Waals surface area contributed by atoms with Crippen LogP contribution in [0.15, 0.2) is 17.5 Å². The molecule has 0 bridgehead atoms. The van der Waals surface area contributed by atoms with Crippen LogP contribution in [0.5, 0.6) is 0 Å². The van der Waals surface area contributed by atoms with E-state index in [1.165, 1.54) is 17.7 Å². The number of carbonyl (C=O) groups is 1. The van der Waals surface area contributed by atoms with Crippen molar-refractivity contribution in [3.63, 3.8) is 0 Å². The monoisotopic (exact) mass is 415 g/mol. The van der Waals surface area contributed by atoms with Crippen LogP contribution in [-0.4, -0.2) is 43.7 Å². The molecule has 1 aromatic heterocycles. The lowest BCUT2D eigenvalue weighted by atomic mass is 9.74. The van der Waals surface area contributed by atoms with E-state index < -0.39 is 5.41 Å². The molecule has 3 nitrogen and oxygen atoms in total. The lowest BCUT2D eigenvalue weighted by Gasteiger charge is -2.39. The molecule has 1 aliphatic carbocycles. The minimum absolute atomic E-state index is 0. The van der Waals surface area contributed by atoms with Gasteiger partial charge in [0.25, 0.3) is 0 Å². The van der Waals surface area contributed by atoms with E-state index in [1.807, 2.05) is 0 Å². The van der Waals surface area contributed by atoms with Crippen molar-refractivity contribution >= 4 is 17.3 Å². The van der Waals surface area contributed by atoms with Gasteiger partial charge >= 0.3 is 5.97 Å². The van der Waals surface area contributed by atoms with E-state index in [4.69, 9.17) is 4.74 Å². The van der Waals surface area contributed by atoms with Gasteiger partial charge in [-0.05, 0) is 37.1 Å². The fourth-order valence-electron chi connectivity index (χ4n) is 4.18. The number of quaternary nitrogens is 1. The van der Waals surface area contributed by atoms with Crippen molar-refractivity contribution in [2.75, 3.05) is 27.2 Å². The van der Waals surface area contributed by atoms with Crippen LogP contribution >= 0.6 is 11.3 Å². The van der Waals surface area contributed by atoms with Gasteiger partial charge in [0.1, 0.15) is 11.5 Å². The first-order chi connectivity index (χ1) is 10.9. The summed E-state index contributed by atoms with van der Waals surface area (Å²) >= 11 is 1.70. The Labute approximate surface area is 160 Å². The second-order valence-electron chi connectivity index (χ2n) is 8.15. The normalized spacial score (nSPS) is 24.1. The molecule has 1 unspecified atom stereocenters. The molecule has 2 aliphatic rings. The minimum atomic E-state index is -0.452. The van der Waals surface area contributed by atoms with E-state index in [0.29, 0.717) is 5.92 Å². The van der Waals surface area contributed by atoms with Gasteiger partial charge < -0.3 is 26.2 Å². The van der Waals surface area contributed by atoms with E-state index in [-0.39, 0.29) is 29.1 Å². The fourth-order valence-corrected chi connectivity index (χ4v) is 5.14. The van der Waals surface area contributed by atoms with Crippen molar-refractivity contribution in [3.8, 4) is 0 Å². The number of halogens is 1. The fraction of sp³-hybridized carbons (Fsp3) is 0.737. The molecule has 1 atom stereocenters. The average molecular weight is 416 g/mol. The Kier molecular flexibility index (Phi) is 6.54. The summed E-state index contributed by atoms with van der Waals surface area (Å²) in [6.07, 6.45) is 6.88. The third kappa shape index (κ3) is 4.05. The molecule has 1 saturated carbocycles. The van der Waals surface area contributed by atoms with Gasteiger partial charge in [0.2, 0.25) is 0 Å². The molecule has 2 fully saturated rings. The molecule has 0 amide bonds. The van der Waals surface area contributed by atoms with Crippen LogP contribution in [0, 0.1) is 5.92 Å². The third-order valence-electron chi connectivity index (χ3n) is 6.02. The molecule has 136 valence electrons. The van der Waals surface area contributed by atoms with Crippen molar-refractivity contribution in [2.24, 2.45) is 5.92 Å². The molecule has 3 rings (SSSR count). The SMILES string of the molecule is CC(C(=O)OC1CC[N+](C)(C)CC1)(c1cccs1)C1CCCC1.[Br-]. The molecule has 1 aromatic rings. The highest BCUT2D eigenvalue weighted by atomic mass is 79.9. The zero-order valence-electron chi connectivity index (χ0n) is 15.1. The van der Waals surface area contributed by atoms with Crippen LogP contribution in [0.2, 0.25) is 0 Å². The molecule has 0 radical (unpaired) electrons. The number of carbonyl (C=O) groups excluding carboxylic acids is 1. The average Bonchev–Trinajstić information content (AvgIpc) is 3.22. The molecule has 1 aliphatic heterocycles. The van der Waals surface area contributed by atoms with E-state index in [2.05, 4.69) is 38.5 Å². The van der Waals surface area contributed by atoms with Crippen molar-refractivity contribution in [1.29, 1.82) is 0 Å². The lowest BCUT2D eigenvalue weighted by molar-refractivity contribution is -0.896. The Morgan fingerprint density at radius 3 is 2.38 bits per heavy atom. The maximum absolute atomic E-state index is 13.2. The molecular formula is C19H30BrNO2S. The third-order valence-corrected chi connectivity index (χ3v) is 7.12. The number of piperidine rings is 1. The van der Waals surface area contributed by atoms with Crippen molar-refractivity contribution in [3.05, 3.63) is 22.4 Å². The number of rotatable bonds is 4. The van der Waals surface area contributed by atoms with Gasteiger partial charge in [-0.3, -0.25) is 4.79 Å². The summed E-state index contributed by atoms with van der Waals surface area (Å²) in [5.41, 5.74) is -0.452. The maximum atomic E-state index is 13.2. The minimum Gasteiger partial charge on any atom is -1.00 e. The molecule has 0 N–H and O–H groups in total. The van der Waals surface area contributed by atoms with Crippen molar-refractivity contribution in [2.45, 2.75) is 57.0 Å². The van der Waals surface area contributed by atoms with Gasteiger partial charge in [0.05, 0.1) is 27.2 Å². The molecular weight excluding hydrogens is 386 g/mol. The molecule has 5 heteroatoms. The molecule has 0 spiro atoms. The zero-order valence-corrected chi connectivity index (χ0v) is 17.5. The highest BCUT2D eigenvalue weighted by molar-refractivity contribution is 7.10. The van der Waals surface area contributed by atoms with Crippen LogP contribution in [0.4, 0.5) is 0 Å². The van der Waals surface area contributed by atoms with E-state index in [1.54, 1.807) is 11.3 Å². The van der Waals surface area contributed by atoms with Crippen LogP contribution in [0.1, 0.15) is 50.3 Å². The van der Waals surface area contributed by atoms with Gasteiger partial charge in [0.15, 0.2) is 0 Å². The first-order valence-electron chi connectivity index (χ1n) is 8.99. The first kappa shape index (κ1) is 19.9. The van der Waals surface area contributed by atoms with Crippen LogP contribution in [0.25, 0.3) is 0 Å². The van der Waals surface area contributed by atoms with E-state index in [0.717, 1.165) is 43.3 Å². The zero-order chi connectivity index (χ0) is 16.5. The summed E-state index contributed by atoms with van der Waals surface area (Å²) in [6, 6.07) is 4.17. The summed E-state index contributed by atoms with van der Waals surface area (Å²) in [5, 5.41) is 2.08. The Bertz CT molecular complexity index is 530. The Morgan fingerprint density at radius 2 is 1.83 bits per heavy atom. The molecule has 2 heterocycles. The predicted octanol–water partition coefficient (Wildman–Crippen LogP) is 0.982. The topological polar surface area (TPSA) is 26.3 Å². The summed E-state index contributed by atoms with van der Waals surface area (Å²) in [5.74, 6) is 0.452. The van der Waals surface area contributed by atoms with E-state index in [9.17, 15) is 4.79 Å². The number of ether oxygens (including phenoxy) is 1. The number of esters is 1. The van der Waals surface area contributed by atoms with Gasteiger partial charge in [-0.25, -0.2) is 0 Å². The van der Waals surface area contributed by atoms with Gasteiger partial charge in [-0.2, -0.15) is 0 Å². The second-order valence-corrected chi connectivity index (χ2v) is 9.10. The number of likely N-dealkylation sites (tertiary alicyclic amines) is 1. The quantitative estimate of drug-likeness (QED) is 0.541. The number of thiophene rings is 1. The number of nitrogens with zero attached hydrogens (tertiary/aromatic N) is 1. The largest absolute Gasteiger partial charge is 1.00 e. The lowest BCUT2D eigenvalue weighted by Crippen LogP contribution is -3.00. The van der Waals surface area contributed by atoms with Gasteiger partial charge in [-0.1, -0.05) is 18.9 Å². The Hall–Kier alpha value is -0.390. The van der Waals surface area contributed by atoms with Crippen LogP contribution in [0.3, 0.4) is 0 Å². The molecule has 1 saturated heterocycles. The highest BCUT2D eigenvalue weighted by Crippen LogP contribution is 2.45. The number of hydrogen-bond donors (Lipinski definition) is 0. The van der Waals surface area contributed by atoms with Crippen LogP contribution < -0.4 is 17.0 Å². The summed E-state index contributed by atoms with van der Waals surface area (Å²) < 4.78 is 7.08. The Morgan fingerprint density at radius 1 is 1.21 bits per heavy atom. The predicted molar refractivity (Wildman–Crippen MR) is 94.6 cm³/mol. The molecule has 0 aromatic carbocycles. The second kappa shape index (κ2) is 7.88.